The molecule has 3 unspecified atom stereocenters. The van der Waals surface area contributed by atoms with Crippen molar-refractivity contribution >= 4 is 21.8 Å². The largest absolute Gasteiger partial charge is 0.393 e. The molecule has 1 amide bonds. The molecule has 2 heterocycles. The first-order valence-electron chi connectivity index (χ1n) is 6.24. The number of carbonyl (C=O) groups excluding carboxylic acids is 1. The second kappa shape index (κ2) is 4.63. The van der Waals surface area contributed by atoms with Crippen molar-refractivity contribution in [3.05, 3.63) is 28.5 Å². The van der Waals surface area contributed by atoms with Gasteiger partial charge in [0, 0.05) is 30.8 Å². The number of aliphatic hydroxyl groups excluding tert-OH is 1. The lowest BCUT2D eigenvalue weighted by Gasteiger charge is -2.18. The lowest BCUT2D eigenvalue weighted by atomic mass is 10.00. The standard InChI is InChI=1S/C13H15BrN2O2/c14-12-5-8(3-4-15-12)13(18)16-6-9-1-2-11(17)10(9)7-16/h3-5,9-11,17H,1-2,6-7H2. The fourth-order valence-corrected chi connectivity index (χ4v) is 3.49. The average Bonchev–Trinajstić information content (AvgIpc) is 2.91. The molecule has 1 aliphatic heterocycles. The minimum atomic E-state index is -0.225. The molecule has 2 aliphatic rings. The van der Waals surface area contributed by atoms with Crippen LogP contribution < -0.4 is 0 Å². The molecule has 0 aromatic carbocycles. The fourth-order valence-electron chi connectivity index (χ4n) is 3.12. The number of nitrogens with zero attached hydrogens (tertiary/aromatic N) is 2. The van der Waals surface area contributed by atoms with Gasteiger partial charge in [0.1, 0.15) is 4.60 Å². The molecule has 1 saturated heterocycles. The molecule has 1 aromatic heterocycles. The zero-order valence-electron chi connectivity index (χ0n) is 9.92. The van der Waals surface area contributed by atoms with Crippen LogP contribution in [0.15, 0.2) is 22.9 Å². The van der Waals surface area contributed by atoms with E-state index in [2.05, 4.69) is 20.9 Å². The van der Waals surface area contributed by atoms with Gasteiger partial charge < -0.3 is 10.0 Å². The number of fused-ring (bicyclic) bond motifs is 1. The number of halogens is 1. The molecule has 3 rings (SSSR count). The Hall–Kier alpha value is -0.940. The SMILES string of the molecule is O=C(c1ccnc(Br)c1)N1CC2CCC(O)C2C1. The summed E-state index contributed by atoms with van der Waals surface area (Å²) in [6.07, 6.45) is 3.33. The molecule has 0 radical (unpaired) electrons. The van der Waals surface area contributed by atoms with Crippen molar-refractivity contribution in [3.63, 3.8) is 0 Å². The summed E-state index contributed by atoms with van der Waals surface area (Å²) in [5.41, 5.74) is 0.659. The number of rotatable bonds is 1. The van der Waals surface area contributed by atoms with E-state index < -0.39 is 0 Å². The predicted octanol–water partition coefficient (Wildman–Crippen LogP) is 1.69. The van der Waals surface area contributed by atoms with E-state index in [9.17, 15) is 9.90 Å². The van der Waals surface area contributed by atoms with Crippen molar-refractivity contribution in [1.82, 2.24) is 9.88 Å². The van der Waals surface area contributed by atoms with Gasteiger partial charge in [0.2, 0.25) is 0 Å². The van der Waals surface area contributed by atoms with Crippen molar-refractivity contribution in [2.75, 3.05) is 13.1 Å². The summed E-state index contributed by atoms with van der Waals surface area (Å²) in [6, 6.07) is 3.48. The Bertz CT molecular complexity index is 480. The molecular weight excluding hydrogens is 296 g/mol. The van der Waals surface area contributed by atoms with Crippen LogP contribution in [0, 0.1) is 11.8 Å². The first kappa shape index (κ1) is 12.1. The van der Waals surface area contributed by atoms with Crippen molar-refractivity contribution in [1.29, 1.82) is 0 Å². The lowest BCUT2D eigenvalue weighted by molar-refractivity contribution is 0.0752. The van der Waals surface area contributed by atoms with Gasteiger partial charge in [0.25, 0.3) is 5.91 Å². The van der Waals surface area contributed by atoms with Gasteiger partial charge in [-0.25, -0.2) is 4.98 Å². The van der Waals surface area contributed by atoms with Crippen LogP contribution in [0.1, 0.15) is 23.2 Å². The highest BCUT2D eigenvalue weighted by Gasteiger charge is 2.43. The van der Waals surface area contributed by atoms with Crippen LogP contribution in [-0.2, 0) is 0 Å². The third-order valence-corrected chi connectivity index (χ3v) is 4.51. The van der Waals surface area contributed by atoms with Gasteiger partial charge in [-0.2, -0.15) is 0 Å². The van der Waals surface area contributed by atoms with Crippen LogP contribution in [0.4, 0.5) is 0 Å². The number of amides is 1. The van der Waals surface area contributed by atoms with Crippen LogP contribution >= 0.6 is 15.9 Å². The second-order valence-corrected chi connectivity index (χ2v) is 5.96. The maximum atomic E-state index is 12.3. The Balaban J connectivity index is 1.75. The van der Waals surface area contributed by atoms with Gasteiger partial charge in [-0.05, 0) is 46.8 Å². The van der Waals surface area contributed by atoms with Crippen LogP contribution in [0.5, 0.6) is 0 Å². The Morgan fingerprint density at radius 1 is 1.44 bits per heavy atom. The quantitative estimate of drug-likeness (QED) is 0.803. The smallest absolute Gasteiger partial charge is 0.254 e. The Labute approximate surface area is 114 Å². The number of pyridine rings is 1. The predicted molar refractivity (Wildman–Crippen MR) is 70.1 cm³/mol. The summed E-state index contributed by atoms with van der Waals surface area (Å²) in [5, 5.41) is 9.86. The minimum Gasteiger partial charge on any atom is -0.393 e. The number of carbonyl (C=O) groups is 1. The third-order valence-electron chi connectivity index (χ3n) is 4.08. The Morgan fingerprint density at radius 3 is 3.00 bits per heavy atom. The molecule has 0 spiro atoms. The maximum Gasteiger partial charge on any atom is 0.254 e. The van der Waals surface area contributed by atoms with Crippen molar-refractivity contribution in [2.24, 2.45) is 11.8 Å². The normalized spacial score (nSPS) is 30.6. The van der Waals surface area contributed by atoms with Crippen LogP contribution in [0.25, 0.3) is 0 Å². The number of aliphatic hydroxyl groups is 1. The maximum absolute atomic E-state index is 12.3. The van der Waals surface area contributed by atoms with Crippen LogP contribution in [-0.4, -0.2) is 40.1 Å². The summed E-state index contributed by atoms with van der Waals surface area (Å²) in [5.74, 6) is 0.799. The lowest BCUT2D eigenvalue weighted by Crippen LogP contribution is -2.31. The molecule has 96 valence electrons. The second-order valence-electron chi connectivity index (χ2n) is 5.15. The van der Waals surface area contributed by atoms with Gasteiger partial charge >= 0.3 is 0 Å². The molecule has 1 aromatic rings. The van der Waals surface area contributed by atoms with E-state index in [1.807, 2.05) is 4.90 Å². The molecule has 1 saturated carbocycles. The minimum absolute atomic E-state index is 0.0414. The van der Waals surface area contributed by atoms with Crippen molar-refractivity contribution in [3.8, 4) is 0 Å². The average molecular weight is 311 g/mol. The van der Waals surface area contributed by atoms with Crippen LogP contribution in [0.3, 0.4) is 0 Å². The zero-order valence-corrected chi connectivity index (χ0v) is 11.5. The third kappa shape index (κ3) is 2.06. The Kier molecular flexibility index (Phi) is 3.11. The molecule has 1 aliphatic carbocycles. The number of hydrogen-bond donors (Lipinski definition) is 1. The first-order valence-corrected chi connectivity index (χ1v) is 7.03. The number of aromatic nitrogens is 1. The molecule has 4 nitrogen and oxygen atoms in total. The van der Waals surface area contributed by atoms with Gasteiger partial charge in [0.05, 0.1) is 6.10 Å². The van der Waals surface area contributed by atoms with E-state index in [0.717, 1.165) is 19.4 Å². The summed E-state index contributed by atoms with van der Waals surface area (Å²) in [7, 11) is 0. The monoisotopic (exact) mass is 310 g/mol. The fraction of sp³-hybridized carbons (Fsp3) is 0.538. The molecule has 18 heavy (non-hydrogen) atoms. The summed E-state index contributed by atoms with van der Waals surface area (Å²) in [4.78, 5) is 18.2. The van der Waals surface area contributed by atoms with Gasteiger partial charge in [-0.1, -0.05) is 0 Å². The van der Waals surface area contributed by atoms with E-state index in [-0.39, 0.29) is 17.9 Å². The van der Waals surface area contributed by atoms with E-state index in [1.165, 1.54) is 0 Å². The zero-order chi connectivity index (χ0) is 12.7. The molecule has 1 N–H and O–H groups in total. The molecule has 2 fully saturated rings. The highest BCUT2D eigenvalue weighted by atomic mass is 79.9. The summed E-state index contributed by atoms with van der Waals surface area (Å²) >= 11 is 3.28. The molecule has 3 atom stereocenters. The van der Waals surface area contributed by atoms with Crippen LogP contribution in [0.2, 0.25) is 0 Å². The molecule has 5 heteroatoms. The number of likely N-dealkylation sites (tertiary alicyclic amines) is 1. The summed E-state index contributed by atoms with van der Waals surface area (Å²) in [6.45, 7) is 1.46. The van der Waals surface area contributed by atoms with Gasteiger partial charge in [0.15, 0.2) is 0 Å². The number of hydrogen-bond acceptors (Lipinski definition) is 3. The first-order chi connectivity index (χ1) is 8.65. The summed E-state index contributed by atoms with van der Waals surface area (Å²) < 4.78 is 0.674. The van der Waals surface area contributed by atoms with Crippen molar-refractivity contribution in [2.45, 2.75) is 18.9 Å². The molecular formula is C13H15BrN2O2. The van der Waals surface area contributed by atoms with Gasteiger partial charge in [-0.3, -0.25) is 4.79 Å². The van der Waals surface area contributed by atoms with E-state index in [0.29, 0.717) is 22.6 Å². The van der Waals surface area contributed by atoms with Gasteiger partial charge in [-0.15, -0.1) is 0 Å². The van der Waals surface area contributed by atoms with Crippen molar-refractivity contribution < 1.29 is 9.90 Å². The molecule has 0 bridgehead atoms. The topological polar surface area (TPSA) is 53.4 Å². The van der Waals surface area contributed by atoms with E-state index in [1.54, 1.807) is 18.3 Å². The highest BCUT2D eigenvalue weighted by Crippen LogP contribution is 2.38. The highest BCUT2D eigenvalue weighted by molar-refractivity contribution is 9.10. The Morgan fingerprint density at radius 2 is 2.28 bits per heavy atom. The van der Waals surface area contributed by atoms with E-state index >= 15 is 0 Å². The van der Waals surface area contributed by atoms with E-state index in [4.69, 9.17) is 0 Å².